The second-order valence-corrected chi connectivity index (χ2v) is 4.63. The van der Waals surface area contributed by atoms with Gasteiger partial charge in [0.1, 0.15) is 5.75 Å². The van der Waals surface area contributed by atoms with Crippen molar-refractivity contribution < 1.29 is 4.74 Å². The first-order valence-electron chi connectivity index (χ1n) is 6.98. The number of anilines is 2. The van der Waals surface area contributed by atoms with Gasteiger partial charge in [0.15, 0.2) is 0 Å². The lowest BCUT2D eigenvalue weighted by Gasteiger charge is -2.17. The maximum absolute atomic E-state index is 6.11. The Kier molecular flexibility index (Phi) is 6.40. The number of rotatable bonds is 8. The summed E-state index contributed by atoms with van der Waals surface area (Å²) in [7, 11) is 0. The van der Waals surface area contributed by atoms with Crippen molar-refractivity contribution in [3.8, 4) is 5.75 Å². The molecule has 1 rings (SSSR count). The van der Waals surface area contributed by atoms with Crippen LogP contribution in [0.1, 0.15) is 40.0 Å². The third kappa shape index (κ3) is 4.13. The van der Waals surface area contributed by atoms with Crippen LogP contribution in [0, 0.1) is 5.92 Å². The van der Waals surface area contributed by atoms with Gasteiger partial charge in [-0.1, -0.05) is 39.7 Å². The molecule has 0 radical (unpaired) electrons. The summed E-state index contributed by atoms with van der Waals surface area (Å²) in [5.41, 5.74) is 7.81. The molecule has 1 aromatic rings. The quantitative estimate of drug-likeness (QED) is 0.688. The van der Waals surface area contributed by atoms with E-state index < -0.39 is 0 Å². The highest BCUT2D eigenvalue weighted by atomic mass is 16.5. The van der Waals surface area contributed by atoms with E-state index in [0.717, 1.165) is 30.1 Å². The molecule has 0 aliphatic rings. The number of ether oxygens (including phenoxy) is 1. The monoisotopic (exact) mass is 250 g/mol. The average molecular weight is 250 g/mol. The van der Waals surface area contributed by atoms with Gasteiger partial charge in [-0.25, -0.2) is 0 Å². The summed E-state index contributed by atoms with van der Waals surface area (Å²) in [6.45, 7) is 8.21. The van der Waals surface area contributed by atoms with Crippen molar-refractivity contribution in [3.63, 3.8) is 0 Å². The lowest BCUT2D eigenvalue weighted by Crippen LogP contribution is -2.14. The topological polar surface area (TPSA) is 47.3 Å². The zero-order chi connectivity index (χ0) is 13.4. The highest BCUT2D eigenvalue weighted by molar-refractivity contribution is 5.72. The Morgan fingerprint density at radius 3 is 2.56 bits per heavy atom. The predicted molar refractivity (Wildman–Crippen MR) is 79.2 cm³/mol. The Bertz CT molecular complexity index is 348. The van der Waals surface area contributed by atoms with Crippen molar-refractivity contribution in [3.05, 3.63) is 18.2 Å². The molecule has 3 N–H and O–H groups in total. The Morgan fingerprint density at radius 1 is 1.22 bits per heavy atom. The van der Waals surface area contributed by atoms with E-state index in [0.29, 0.717) is 12.5 Å². The normalized spacial score (nSPS) is 10.7. The SMILES string of the molecule is CCCOc1cccc(NCC(CC)CC)c1N. The minimum absolute atomic E-state index is 0.699. The van der Waals surface area contributed by atoms with Gasteiger partial charge in [0.2, 0.25) is 0 Å². The predicted octanol–water partition coefficient (Wildman–Crippen LogP) is 3.91. The molecule has 102 valence electrons. The van der Waals surface area contributed by atoms with Gasteiger partial charge in [-0.3, -0.25) is 0 Å². The molecule has 0 heterocycles. The van der Waals surface area contributed by atoms with Crippen LogP contribution in [-0.2, 0) is 0 Å². The molecule has 0 spiro atoms. The summed E-state index contributed by atoms with van der Waals surface area (Å²) in [4.78, 5) is 0. The summed E-state index contributed by atoms with van der Waals surface area (Å²) in [5, 5.41) is 3.43. The van der Waals surface area contributed by atoms with Crippen molar-refractivity contribution in [1.82, 2.24) is 0 Å². The fourth-order valence-corrected chi connectivity index (χ4v) is 1.87. The molecule has 3 heteroatoms. The van der Waals surface area contributed by atoms with E-state index in [1.54, 1.807) is 0 Å². The van der Waals surface area contributed by atoms with Crippen LogP contribution < -0.4 is 15.8 Å². The van der Waals surface area contributed by atoms with Crippen LogP contribution in [0.4, 0.5) is 11.4 Å². The molecule has 0 saturated heterocycles. The highest BCUT2D eigenvalue weighted by Crippen LogP contribution is 2.29. The van der Waals surface area contributed by atoms with Crippen molar-refractivity contribution in [2.24, 2.45) is 5.92 Å². The largest absolute Gasteiger partial charge is 0.491 e. The number of nitrogens with one attached hydrogen (secondary N) is 1. The minimum atomic E-state index is 0.699. The van der Waals surface area contributed by atoms with Crippen LogP contribution in [0.25, 0.3) is 0 Å². The Labute approximate surface area is 111 Å². The maximum Gasteiger partial charge on any atom is 0.144 e. The molecule has 3 nitrogen and oxygen atoms in total. The Morgan fingerprint density at radius 2 is 1.94 bits per heavy atom. The summed E-state index contributed by atoms with van der Waals surface area (Å²) < 4.78 is 5.62. The fraction of sp³-hybridized carbons (Fsp3) is 0.600. The van der Waals surface area contributed by atoms with E-state index in [1.165, 1.54) is 12.8 Å². The fourth-order valence-electron chi connectivity index (χ4n) is 1.87. The standard InChI is InChI=1S/C15H26N2O/c1-4-10-18-14-9-7-8-13(15(14)16)17-11-12(5-2)6-3/h7-9,12,17H,4-6,10-11,16H2,1-3H3. The highest BCUT2D eigenvalue weighted by Gasteiger charge is 2.08. The van der Waals surface area contributed by atoms with Gasteiger partial charge in [0.05, 0.1) is 18.0 Å². The van der Waals surface area contributed by atoms with E-state index in [9.17, 15) is 0 Å². The third-order valence-corrected chi connectivity index (χ3v) is 3.26. The molecule has 0 fully saturated rings. The number of hydrogen-bond donors (Lipinski definition) is 2. The summed E-state index contributed by atoms with van der Waals surface area (Å²) in [6.07, 6.45) is 3.37. The molecule has 0 aromatic heterocycles. The summed E-state index contributed by atoms with van der Waals surface area (Å²) >= 11 is 0. The Hall–Kier alpha value is -1.38. The van der Waals surface area contributed by atoms with Crippen LogP contribution in [0.15, 0.2) is 18.2 Å². The Balaban J connectivity index is 2.65. The van der Waals surface area contributed by atoms with Crippen molar-refractivity contribution in [2.45, 2.75) is 40.0 Å². The molecule has 0 saturated carbocycles. The first-order chi connectivity index (χ1) is 8.72. The van der Waals surface area contributed by atoms with Gasteiger partial charge in [-0.2, -0.15) is 0 Å². The van der Waals surface area contributed by atoms with Gasteiger partial charge in [0, 0.05) is 6.54 Å². The van der Waals surface area contributed by atoms with E-state index in [4.69, 9.17) is 10.5 Å². The third-order valence-electron chi connectivity index (χ3n) is 3.26. The van der Waals surface area contributed by atoms with Gasteiger partial charge < -0.3 is 15.8 Å². The van der Waals surface area contributed by atoms with Crippen molar-refractivity contribution in [2.75, 3.05) is 24.2 Å². The van der Waals surface area contributed by atoms with E-state index in [2.05, 4.69) is 26.1 Å². The number of para-hydroxylation sites is 1. The van der Waals surface area contributed by atoms with E-state index >= 15 is 0 Å². The molecular weight excluding hydrogens is 224 g/mol. The number of benzene rings is 1. The van der Waals surface area contributed by atoms with Gasteiger partial charge in [0.25, 0.3) is 0 Å². The lowest BCUT2D eigenvalue weighted by atomic mass is 10.0. The maximum atomic E-state index is 6.11. The number of hydrogen-bond acceptors (Lipinski definition) is 3. The van der Waals surface area contributed by atoms with Gasteiger partial charge in [-0.15, -0.1) is 0 Å². The molecular formula is C15H26N2O. The van der Waals surface area contributed by atoms with Crippen molar-refractivity contribution >= 4 is 11.4 Å². The van der Waals surface area contributed by atoms with E-state index in [1.807, 2.05) is 18.2 Å². The summed E-state index contributed by atoms with van der Waals surface area (Å²) in [6, 6.07) is 5.92. The number of nitrogen functional groups attached to an aromatic ring is 1. The van der Waals surface area contributed by atoms with Gasteiger partial charge in [-0.05, 0) is 24.5 Å². The summed E-state index contributed by atoms with van der Waals surface area (Å²) in [5.74, 6) is 1.48. The first kappa shape index (κ1) is 14.7. The molecule has 0 bridgehead atoms. The minimum Gasteiger partial charge on any atom is -0.491 e. The van der Waals surface area contributed by atoms with Crippen LogP contribution in [-0.4, -0.2) is 13.2 Å². The van der Waals surface area contributed by atoms with Crippen LogP contribution in [0.5, 0.6) is 5.75 Å². The zero-order valence-corrected chi connectivity index (χ0v) is 11.8. The smallest absolute Gasteiger partial charge is 0.144 e. The molecule has 18 heavy (non-hydrogen) atoms. The average Bonchev–Trinajstić information content (AvgIpc) is 2.40. The lowest BCUT2D eigenvalue weighted by molar-refractivity contribution is 0.319. The van der Waals surface area contributed by atoms with E-state index in [-0.39, 0.29) is 0 Å². The van der Waals surface area contributed by atoms with Gasteiger partial charge >= 0.3 is 0 Å². The molecule has 0 aliphatic carbocycles. The molecule has 0 amide bonds. The molecule has 0 aliphatic heterocycles. The van der Waals surface area contributed by atoms with Crippen LogP contribution in [0.2, 0.25) is 0 Å². The zero-order valence-electron chi connectivity index (χ0n) is 11.8. The molecule has 1 aromatic carbocycles. The molecule has 0 atom stereocenters. The van der Waals surface area contributed by atoms with Crippen molar-refractivity contribution in [1.29, 1.82) is 0 Å². The second kappa shape index (κ2) is 7.85. The van der Waals surface area contributed by atoms with Crippen LogP contribution in [0.3, 0.4) is 0 Å². The number of nitrogens with two attached hydrogens (primary N) is 1. The van der Waals surface area contributed by atoms with Crippen LogP contribution >= 0.6 is 0 Å². The second-order valence-electron chi connectivity index (χ2n) is 4.63. The first-order valence-corrected chi connectivity index (χ1v) is 6.98. The molecule has 0 unspecified atom stereocenters.